The third kappa shape index (κ3) is 3.82. The Morgan fingerprint density at radius 2 is 2.00 bits per heavy atom. The first kappa shape index (κ1) is 19.9. The van der Waals surface area contributed by atoms with Crippen molar-refractivity contribution in [2.75, 3.05) is 12.4 Å². The lowest BCUT2D eigenvalue weighted by atomic mass is 10.1. The van der Waals surface area contributed by atoms with E-state index in [1.165, 1.54) is 0 Å². The molecule has 0 aliphatic heterocycles. The van der Waals surface area contributed by atoms with Gasteiger partial charge in [-0.1, -0.05) is 6.07 Å². The standard InChI is InChI=1S/C24H21N3O5/c1-31-16-7-5-15(6-8-16)24-23(30)22(29)17-10-13(2-9-19(17)32-24)11-21(28)25-20-12-18(26-27-20)14-3-4-14/h2,5-10,12,14,30H,3-4,11H2,1H3,(H2,25,26,27,28). The van der Waals surface area contributed by atoms with Gasteiger partial charge in [0.15, 0.2) is 11.6 Å². The highest BCUT2D eigenvalue weighted by Crippen LogP contribution is 2.39. The van der Waals surface area contributed by atoms with Crippen molar-refractivity contribution < 1.29 is 19.1 Å². The fourth-order valence-corrected chi connectivity index (χ4v) is 3.66. The van der Waals surface area contributed by atoms with Gasteiger partial charge < -0.3 is 19.6 Å². The summed E-state index contributed by atoms with van der Waals surface area (Å²) in [5.74, 6) is 1.01. The molecular formula is C24H21N3O5. The van der Waals surface area contributed by atoms with Crippen molar-refractivity contribution in [1.82, 2.24) is 10.2 Å². The van der Waals surface area contributed by atoms with Crippen molar-refractivity contribution in [1.29, 1.82) is 0 Å². The van der Waals surface area contributed by atoms with Crippen LogP contribution in [0.3, 0.4) is 0 Å². The first-order chi connectivity index (χ1) is 15.5. The number of rotatable bonds is 6. The molecule has 0 unspecified atom stereocenters. The molecule has 5 rings (SSSR count). The van der Waals surface area contributed by atoms with Crippen molar-refractivity contribution in [2.45, 2.75) is 25.2 Å². The van der Waals surface area contributed by atoms with Crippen LogP contribution in [0.4, 0.5) is 5.82 Å². The quantitative estimate of drug-likeness (QED) is 0.425. The topological polar surface area (TPSA) is 117 Å². The number of carbonyl (C=O) groups excluding carboxylic acids is 1. The fourth-order valence-electron chi connectivity index (χ4n) is 3.66. The normalized spacial score (nSPS) is 13.3. The molecule has 8 nitrogen and oxygen atoms in total. The van der Waals surface area contributed by atoms with Crippen LogP contribution in [0.1, 0.15) is 30.0 Å². The van der Waals surface area contributed by atoms with Crippen molar-refractivity contribution >= 4 is 22.7 Å². The molecule has 0 bridgehead atoms. The van der Waals surface area contributed by atoms with E-state index in [0.717, 1.165) is 18.5 Å². The number of carbonyl (C=O) groups is 1. The molecule has 0 spiro atoms. The van der Waals surface area contributed by atoms with Gasteiger partial charge in [-0.3, -0.25) is 14.7 Å². The van der Waals surface area contributed by atoms with Gasteiger partial charge in [0.2, 0.25) is 17.1 Å². The molecule has 4 aromatic rings. The lowest BCUT2D eigenvalue weighted by Crippen LogP contribution is -2.15. The number of aromatic hydroxyl groups is 1. The summed E-state index contributed by atoms with van der Waals surface area (Å²) in [6, 6.07) is 13.6. The number of fused-ring (bicyclic) bond motifs is 1. The Kier molecular flexibility index (Phi) is 4.89. The summed E-state index contributed by atoms with van der Waals surface area (Å²) in [5.41, 5.74) is 1.98. The lowest BCUT2D eigenvalue weighted by molar-refractivity contribution is -0.115. The highest BCUT2D eigenvalue weighted by Gasteiger charge is 2.25. The van der Waals surface area contributed by atoms with E-state index < -0.39 is 11.2 Å². The number of H-pyrrole nitrogens is 1. The molecule has 2 heterocycles. The van der Waals surface area contributed by atoms with Gasteiger partial charge in [-0.2, -0.15) is 5.10 Å². The van der Waals surface area contributed by atoms with Gasteiger partial charge >= 0.3 is 0 Å². The number of benzene rings is 2. The molecular weight excluding hydrogens is 410 g/mol. The molecule has 0 atom stereocenters. The van der Waals surface area contributed by atoms with Crippen LogP contribution in [0.25, 0.3) is 22.3 Å². The highest BCUT2D eigenvalue weighted by atomic mass is 16.5. The van der Waals surface area contributed by atoms with E-state index in [4.69, 9.17) is 9.15 Å². The van der Waals surface area contributed by atoms with E-state index in [9.17, 15) is 14.7 Å². The molecule has 32 heavy (non-hydrogen) atoms. The Bertz CT molecular complexity index is 1370. The minimum absolute atomic E-state index is 0.0575. The third-order valence-electron chi connectivity index (χ3n) is 5.53. The van der Waals surface area contributed by atoms with E-state index in [2.05, 4.69) is 15.5 Å². The van der Waals surface area contributed by atoms with Crippen LogP contribution in [0, 0.1) is 0 Å². The number of hydrogen-bond acceptors (Lipinski definition) is 6. The van der Waals surface area contributed by atoms with Crippen LogP contribution >= 0.6 is 0 Å². The van der Waals surface area contributed by atoms with Crippen LogP contribution in [-0.4, -0.2) is 28.3 Å². The summed E-state index contributed by atoms with van der Waals surface area (Å²) >= 11 is 0. The van der Waals surface area contributed by atoms with Crippen LogP contribution in [0.5, 0.6) is 11.5 Å². The Morgan fingerprint density at radius 1 is 1.22 bits per heavy atom. The number of nitrogens with one attached hydrogen (secondary N) is 2. The third-order valence-corrected chi connectivity index (χ3v) is 5.53. The Balaban J connectivity index is 1.38. The monoisotopic (exact) mass is 431 g/mol. The zero-order valence-corrected chi connectivity index (χ0v) is 17.3. The van der Waals surface area contributed by atoms with Gasteiger partial charge in [-0.25, -0.2) is 0 Å². The number of nitrogens with zero attached hydrogens (tertiary/aromatic N) is 1. The second-order valence-corrected chi connectivity index (χ2v) is 7.88. The van der Waals surface area contributed by atoms with Crippen LogP contribution in [0.15, 0.2) is 57.7 Å². The van der Waals surface area contributed by atoms with Crippen molar-refractivity contribution in [3.8, 4) is 22.8 Å². The minimum atomic E-state index is -0.555. The zero-order valence-electron chi connectivity index (χ0n) is 17.3. The summed E-state index contributed by atoms with van der Waals surface area (Å²) in [7, 11) is 1.56. The van der Waals surface area contributed by atoms with E-state index >= 15 is 0 Å². The van der Waals surface area contributed by atoms with Gasteiger partial charge in [0, 0.05) is 23.2 Å². The Labute approximate surface area is 182 Å². The average Bonchev–Trinajstić information content (AvgIpc) is 3.55. The SMILES string of the molecule is COc1ccc(-c2oc3ccc(CC(=O)Nc4cc(C5CC5)[nH]n4)cc3c(=O)c2O)cc1. The molecule has 1 aliphatic carbocycles. The number of amides is 1. The smallest absolute Gasteiger partial charge is 0.235 e. The number of anilines is 1. The summed E-state index contributed by atoms with van der Waals surface area (Å²) in [4.78, 5) is 25.2. The number of hydrogen-bond donors (Lipinski definition) is 3. The van der Waals surface area contributed by atoms with Gasteiger partial charge in [0.25, 0.3) is 0 Å². The van der Waals surface area contributed by atoms with E-state index in [0.29, 0.717) is 34.2 Å². The molecule has 3 N–H and O–H groups in total. The maximum absolute atomic E-state index is 12.8. The molecule has 1 fully saturated rings. The van der Waals surface area contributed by atoms with E-state index in [1.54, 1.807) is 49.6 Å². The Hall–Kier alpha value is -4.07. The number of methoxy groups -OCH3 is 1. The minimum Gasteiger partial charge on any atom is -0.502 e. The predicted octanol–water partition coefficient (Wildman–Crippen LogP) is 3.96. The summed E-state index contributed by atoms with van der Waals surface area (Å²) < 4.78 is 10.9. The fraction of sp³-hybridized carbons (Fsp3) is 0.208. The first-order valence-corrected chi connectivity index (χ1v) is 10.3. The summed E-state index contributed by atoms with van der Waals surface area (Å²) in [6.07, 6.45) is 2.34. The largest absolute Gasteiger partial charge is 0.502 e. The lowest BCUT2D eigenvalue weighted by Gasteiger charge is -2.08. The molecule has 1 amide bonds. The zero-order chi connectivity index (χ0) is 22.2. The molecule has 0 saturated heterocycles. The molecule has 2 aromatic heterocycles. The predicted molar refractivity (Wildman–Crippen MR) is 119 cm³/mol. The van der Waals surface area contributed by atoms with Gasteiger partial charge in [-0.05, 0) is 54.8 Å². The molecule has 0 radical (unpaired) electrons. The van der Waals surface area contributed by atoms with E-state index in [-0.39, 0.29) is 23.5 Å². The number of ether oxygens (including phenoxy) is 1. The van der Waals surface area contributed by atoms with Crippen molar-refractivity contribution in [2.24, 2.45) is 0 Å². The molecule has 1 saturated carbocycles. The number of aromatic amines is 1. The highest BCUT2D eigenvalue weighted by molar-refractivity contribution is 5.92. The first-order valence-electron chi connectivity index (χ1n) is 10.3. The van der Waals surface area contributed by atoms with Crippen LogP contribution in [-0.2, 0) is 11.2 Å². The van der Waals surface area contributed by atoms with Crippen LogP contribution in [0.2, 0.25) is 0 Å². The Morgan fingerprint density at radius 3 is 2.72 bits per heavy atom. The summed E-state index contributed by atoms with van der Waals surface area (Å²) in [6.45, 7) is 0. The number of aromatic nitrogens is 2. The maximum atomic E-state index is 12.8. The maximum Gasteiger partial charge on any atom is 0.235 e. The van der Waals surface area contributed by atoms with E-state index in [1.807, 2.05) is 6.07 Å². The molecule has 2 aromatic carbocycles. The molecule has 8 heteroatoms. The van der Waals surface area contributed by atoms with Gasteiger partial charge in [-0.15, -0.1) is 0 Å². The van der Waals surface area contributed by atoms with Crippen LogP contribution < -0.4 is 15.5 Å². The van der Waals surface area contributed by atoms with Crippen molar-refractivity contribution in [3.05, 3.63) is 70.0 Å². The average molecular weight is 431 g/mol. The molecule has 162 valence electrons. The van der Waals surface area contributed by atoms with Gasteiger partial charge in [0.05, 0.1) is 18.9 Å². The van der Waals surface area contributed by atoms with Crippen molar-refractivity contribution in [3.63, 3.8) is 0 Å². The summed E-state index contributed by atoms with van der Waals surface area (Å²) in [5, 5.41) is 20.5. The second kappa shape index (κ2) is 7.88. The van der Waals surface area contributed by atoms with Gasteiger partial charge in [0.1, 0.15) is 11.3 Å². The second-order valence-electron chi connectivity index (χ2n) is 7.88. The molecule has 1 aliphatic rings.